The van der Waals surface area contributed by atoms with E-state index in [4.69, 9.17) is 0 Å². The highest BCUT2D eigenvalue weighted by Gasteiger charge is 2.37. The predicted octanol–water partition coefficient (Wildman–Crippen LogP) is -0.618. The highest BCUT2D eigenvalue weighted by molar-refractivity contribution is 5.76. The first-order valence-corrected chi connectivity index (χ1v) is 8.80. The third-order valence-electron chi connectivity index (χ3n) is 5.63. The van der Waals surface area contributed by atoms with Gasteiger partial charge in [0.1, 0.15) is 0 Å². The van der Waals surface area contributed by atoms with E-state index in [0.29, 0.717) is 0 Å². The molecule has 2 saturated carbocycles. The molecule has 3 aliphatic rings. The van der Waals surface area contributed by atoms with Crippen molar-refractivity contribution in [2.24, 2.45) is 11.8 Å². The monoisotopic (exact) mass is 342 g/mol. The molecular formula is C17H31BrN2. The largest absolute Gasteiger partial charge is 1.00 e. The van der Waals surface area contributed by atoms with Crippen molar-refractivity contribution in [2.45, 2.75) is 83.1 Å². The van der Waals surface area contributed by atoms with Crippen LogP contribution in [0.5, 0.6) is 0 Å². The van der Waals surface area contributed by atoms with Crippen LogP contribution < -0.4 is 27.3 Å². The van der Waals surface area contributed by atoms with Gasteiger partial charge >= 0.3 is 0 Å². The van der Waals surface area contributed by atoms with Crippen LogP contribution in [0, 0.1) is 11.8 Å². The first-order chi connectivity index (χ1) is 9.43. The number of hydrogen-bond acceptors (Lipinski definition) is 1. The minimum atomic E-state index is 0. The molecule has 3 rings (SSSR count). The molecule has 2 fully saturated rings. The average molecular weight is 343 g/mol. The van der Waals surface area contributed by atoms with Crippen LogP contribution in [0.15, 0.2) is 0 Å². The molecule has 2 aliphatic carbocycles. The van der Waals surface area contributed by atoms with Crippen LogP contribution >= 0.6 is 0 Å². The number of halogens is 1. The molecule has 0 aromatic heterocycles. The molecule has 0 aromatic rings. The van der Waals surface area contributed by atoms with Gasteiger partial charge in [0.25, 0.3) is 0 Å². The van der Waals surface area contributed by atoms with Crippen molar-refractivity contribution in [3.05, 3.63) is 0 Å². The van der Waals surface area contributed by atoms with E-state index in [1.165, 1.54) is 89.4 Å². The molecule has 2 nitrogen and oxygen atoms in total. The third-order valence-corrected chi connectivity index (χ3v) is 5.63. The Balaban J connectivity index is 0.00000147. The summed E-state index contributed by atoms with van der Waals surface area (Å²) < 4.78 is 0. The van der Waals surface area contributed by atoms with Gasteiger partial charge in [0.2, 0.25) is 5.84 Å². The van der Waals surface area contributed by atoms with Gasteiger partial charge in [0, 0.05) is 12.3 Å². The van der Waals surface area contributed by atoms with E-state index in [9.17, 15) is 0 Å². The van der Waals surface area contributed by atoms with Gasteiger partial charge in [0.05, 0.1) is 12.6 Å². The zero-order valence-electron chi connectivity index (χ0n) is 12.8. The lowest BCUT2D eigenvalue weighted by atomic mass is 9.77. The predicted molar refractivity (Wildman–Crippen MR) is 80.1 cm³/mol. The van der Waals surface area contributed by atoms with Crippen molar-refractivity contribution >= 4 is 5.84 Å². The molecule has 2 atom stereocenters. The normalized spacial score (nSPS) is 32.1. The summed E-state index contributed by atoms with van der Waals surface area (Å²) >= 11 is 0. The molecule has 0 bridgehead atoms. The van der Waals surface area contributed by atoms with Crippen LogP contribution in [0.1, 0.15) is 77.0 Å². The Bertz CT molecular complexity index is 310. The number of nitrogens with one attached hydrogen (secondary N) is 2. The van der Waals surface area contributed by atoms with Gasteiger partial charge in [-0.25, -0.2) is 0 Å². The molecule has 0 radical (unpaired) electrons. The van der Waals surface area contributed by atoms with Gasteiger partial charge in [-0.1, -0.05) is 32.1 Å². The second-order valence-corrected chi connectivity index (χ2v) is 6.96. The molecule has 0 aromatic carbocycles. The molecule has 20 heavy (non-hydrogen) atoms. The second-order valence-electron chi connectivity index (χ2n) is 6.96. The maximum absolute atomic E-state index is 3.91. The maximum atomic E-state index is 3.91. The summed E-state index contributed by atoms with van der Waals surface area (Å²) in [6, 6.07) is 0.781. The zero-order chi connectivity index (χ0) is 12.9. The lowest BCUT2D eigenvalue weighted by Gasteiger charge is -2.30. The van der Waals surface area contributed by atoms with E-state index in [2.05, 4.69) is 10.3 Å². The van der Waals surface area contributed by atoms with Gasteiger partial charge < -0.3 is 17.0 Å². The van der Waals surface area contributed by atoms with Crippen LogP contribution in [0.2, 0.25) is 0 Å². The Morgan fingerprint density at radius 2 is 1.60 bits per heavy atom. The van der Waals surface area contributed by atoms with Crippen molar-refractivity contribution in [1.29, 1.82) is 0 Å². The molecule has 116 valence electrons. The summed E-state index contributed by atoms with van der Waals surface area (Å²) in [5.74, 6) is 3.46. The molecule has 3 heteroatoms. The molecule has 1 heterocycles. The van der Waals surface area contributed by atoms with Crippen LogP contribution in [0.25, 0.3) is 0 Å². The van der Waals surface area contributed by atoms with Crippen molar-refractivity contribution in [3.63, 3.8) is 0 Å². The fraction of sp³-hybridized carbons (Fsp3) is 0.941. The zero-order valence-corrected chi connectivity index (χ0v) is 14.4. The Morgan fingerprint density at radius 1 is 0.800 bits per heavy atom. The quantitative estimate of drug-likeness (QED) is 0.687. The van der Waals surface area contributed by atoms with Crippen LogP contribution in [-0.4, -0.2) is 18.4 Å². The molecule has 1 aliphatic heterocycles. The van der Waals surface area contributed by atoms with Crippen molar-refractivity contribution in [2.75, 3.05) is 6.54 Å². The number of amidine groups is 1. The second kappa shape index (κ2) is 8.41. The maximum Gasteiger partial charge on any atom is 0.242 e. The smallest absolute Gasteiger partial charge is 0.242 e. The summed E-state index contributed by atoms with van der Waals surface area (Å²) in [7, 11) is 0. The SMILES string of the molecule is C1CC[NH+]=C(N[C@@H]2CCC[C@@H]2C2CCCCC2)CC1.[Br-]. The summed E-state index contributed by atoms with van der Waals surface area (Å²) in [5.41, 5.74) is 0. The molecule has 0 unspecified atom stereocenters. The number of rotatable bonds is 2. The molecule has 0 amide bonds. The van der Waals surface area contributed by atoms with E-state index in [1.54, 1.807) is 0 Å². The highest BCUT2D eigenvalue weighted by Crippen LogP contribution is 2.39. The Labute approximate surface area is 135 Å². The van der Waals surface area contributed by atoms with E-state index in [1.807, 2.05) is 0 Å². The third kappa shape index (κ3) is 4.22. The summed E-state index contributed by atoms with van der Waals surface area (Å²) in [5, 5.41) is 3.91. The first-order valence-electron chi connectivity index (χ1n) is 8.80. The molecular weight excluding hydrogens is 312 g/mol. The Kier molecular flexibility index (Phi) is 6.86. The molecule has 2 N–H and O–H groups in total. The lowest BCUT2D eigenvalue weighted by molar-refractivity contribution is -0.460. The van der Waals surface area contributed by atoms with Crippen molar-refractivity contribution in [3.8, 4) is 0 Å². The minimum absolute atomic E-state index is 0. The Morgan fingerprint density at radius 3 is 2.45 bits per heavy atom. The van der Waals surface area contributed by atoms with E-state index in [-0.39, 0.29) is 17.0 Å². The van der Waals surface area contributed by atoms with Gasteiger partial charge in [-0.05, 0) is 44.4 Å². The lowest BCUT2D eigenvalue weighted by Crippen LogP contribution is -3.00. The first kappa shape index (κ1) is 16.3. The molecule has 0 spiro atoms. The van der Waals surface area contributed by atoms with Gasteiger partial charge in [-0.3, -0.25) is 10.3 Å². The number of hydrogen-bond donors (Lipinski definition) is 2. The standard InChI is InChI=1S/C17H30N2.BrH/c1-3-8-14(9-4-1)15-10-7-11-16(15)19-17-12-5-2-6-13-18-17;/h14-16H,1-13H2,(H,18,19);1H/t15-,16-;/m1./s1. The van der Waals surface area contributed by atoms with E-state index in [0.717, 1.165) is 17.9 Å². The fourth-order valence-electron chi connectivity index (χ4n) is 4.57. The van der Waals surface area contributed by atoms with Crippen molar-refractivity contribution in [1.82, 2.24) is 5.32 Å². The van der Waals surface area contributed by atoms with Crippen molar-refractivity contribution < 1.29 is 22.0 Å². The summed E-state index contributed by atoms with van der Waals surface area (Å²) in [6.07, 6.45) is 17.2. The van der Waals surface area contributed by atoms with Gasteiger partial charge in [-0.15, -0.1) is 0 Å². The van der Waals surface area contributed by atoms with Gasteiger partial charge in [-0.2, -0.15) is 0 Å². The topological polar surface area (TPSA) is 26.0 Å². The minimum Gasteiger partial charge on any atom is -1.00 e. The fourth-order valence-corrected chi connectivity index (χ4v) is 4.57. The average Bonchev–Trinajstić information content (AvgIpc) is 2.75. The van der Waals surface area contributed by atoms with E-state index >= 15 is 0 Å². The van der Waals surface area contributed by atoms with E-state index < -0.39 is 0 Å². The van der Waals surface area contributed by atoms with Crippen LogP contribution in [0.3, 0.4) is 0 Å². The van der Waals surface area contributed by atoms with Crippen LogP contribution in [0.4, 0.5) is 0 Å². The van der Waals surface area contributed by atoms with Gasteiger partial charge in [0.15, 0.2) is 0 Å². The molecule has 0 saturated heterocycles. The summed E-state index contributed by atoms with van der Waals surface area (Å²) in [6.45, 7) is 1.18. The summed E-state index contributed by atoms with van der Waals surface area (Å²) in [4.78, 5) is 3.64. The Hall–Kier alpha value is -0.0500. The highest BCUT2D eigenvalue weighted by atomic mass is 79.9. The van der Waals surface area contributed by atoms with Crippen LogP contribution in [-0.2, 0) is 0 Å².